The number of carbonyl (C=O) groups is 1. The number of halogens is 2. The quantitative estimate of drug-likeness (QED) is 0.754. The van der Waals surface area contributed by atoms with Gasteiger partial charge in [-0.3, -0.25) is 4.79 Å². The highest BCUT2D eigenvalue weighted by Crippen LogP contribution is 2.28. The molecule has 118 valence electrons. The fourth-order valence-corrected chi connectivity index (χ4v) is 2.54. The van der Waals surface area contributed by atoms with E-state index in [1.54, 1.807) is 37.3 Å². The smallest absolute Gasteiger partial charge is 0.262 e. The summed E-state index contributed by atoms with van der Waals surface area (Å²) in [6.45, 7) is 1.56. The summed E-state index contributed by atoms with van der Waals surface area (Å²) >= 11 is 11.8. The number of amides is 1. The van der Waals surface area contributed by atoms with Crippen LogP contribution in [0.25, 0.3) is 11.1 Å². The summed E-state index contributed by atoms with van der Waals surface area (Å²) in [4.78, 5) is 16.3. The first-order valence-electron chi connectivity index (χ1n) is 6.77. The van der Waals surface area contributed by atoms with E-state index in [2.05, 4.69) is 10.3 Å². The maximum absolute atomic E-state index is 12.0. The fourth-order valence-electron chi connectivity index (χ4n) is 2.08. The SMILES string of the molecule is Cc1nc2cccc(NC(=O)COc3ccc(Cl)cc3Cl)c2o1. The summed E-state index contributed by atoms with van der Waals surface area (Å²) < 4.78 is 10.9. The van der Waals surface area contributed by atoms with Gasteiger partial charge in [-0.2, -0.15) is 0 Å². The highest BCUT2D eigenvalue weighted by atomic mass is 35.5. The van der Waals surface area contributed by atoms with Crippen LogP contribution in [-0.4, -0.2) is 17.5 Å². The van der Waals surface area contributed by atoms with E-state index in [4.69, 9.17) is 32.4 Å². The Hall–Kier alpha value is -2.24. The number of para-hydroxylation sites is 1. The van der Waals surface area contributed by atoms with Crippen molar-refractivity contribution in [3.8, 4) is 5.75 Å². The number of rotatable bonds is 4. The number of nitrogens with zero attached hydrogens (tertiary/aromatic N) is 1. The number of oxazole rings is 1. The largest absolute Gasteiger partial charge is 0.482 e. The topological polar surface area (TPSA) is 64.4 Å². The van der Waals surface area contributed by atoms with E-state index in [0.717, 1.165) is 0 Å². The molecule has 23 heavy (non-hydrogen) atoms. The lowest BCUT2D eigenvalue weighted by atomic mass is 10.3. The molecule has 0 unspecified atom stereocenters. The molecular weight excluding hydrogens is 339 g/mol. The number of fused-ring (bicyclic) bond motifs is 1. The Morgan fingerprint density at radius 1 is 1.30 bits per heavy atom. The van der Waals surface area contributed by atoms with Gasteiger partial charge >= 0.3 is 0 Å². The van der Waals surface area contributed by atoms with Gasteiger partial charge in [0.2, 0.25) is 0 Å². The first-order chi connectivity index (χ1) is 11.0. The summed E-state index contributed by atoms with van der Waals surface area (Å²) in [5, 5.41) is 3.58. The second kappa shape index (κ2) is 6.48. The van der Waals surface area contributed by atoms with Crippen molar-refractivity contribution in [3.63, 3.8) is 0 Å². The molecule has 1 aromatic heterocycles. The van der Waals surface area contributed by atoms with Crippen LogP contribution < -0.4 is 10.1 Å². The van der Waals surface area contributed by atoms with Gasteiger partial charge in [-0.1, -0.05) is 29.3 Å². The second-order valence-electron chi connectivity index (χ2n) is 4.80. The van der Waals surface area contributed by atoms with Gasteiger partial charge in [-0.15, -0.1) is 0 Å². The first kappa shape index (κ1) is 15.6. The molecule has 0 aliphatic rings. The lowest BCUT2D eigenvalue weighted by Gasteiger charge is -2.09. The zero-order chi connectivity index (χ0) is 16.4. The standard InChI is InChI=1S/C16H12Cl2N2O3/c1-9-19-12-3-2-4-13(16(12)23-9)20-15(21)8-22-14-6-5-10(17)7-11(14)18/h2-7H,8H2,1H3,(H,20,21). The van der Waals surface area contributed by atoms with Crippen molar-refractivity contribution in [1.29, 1.82) is 0 Å². The van der Waals surface area contributed by atoms with Crippen molar-refractivity contribution in [2.24, 2.45) is 0 Å². The monoisotopic (exact) mass is 350 g/mol. The zero-order valence-corrected chi connectivity index (χ0v) is 13.6. The normalized spacial score (nSPS) is 10.7. The number of nitrogens with one attached hydrogen (secondary N) is 1. The van der Waals surface area contributed by atoms with E-state index in [9.17, 15) is 4.79 Å². The van der Waals surface area contributed by atoms with Crippen molar-refractivity contribution >= 4 is 45.9 Å². The van der Waals surface area contributed by atoms with Crippen molar-refractivity contribution in [3.05, 3.63) is 52.3 Å². The lowest BCUT2D eigenvalue weighted by molar-refractivity contribution is -0.118. The van der Waals surface area contributed by atoms with Crippen LogP contribution in [0.5, 0.6) is 5.75 Å². The number of hydrogen-bond acceptors (Lipinski definition) is 4. The summed E-state index contributed by atoms with van der Waals surface area (Å²) in [6.07, 6.45) is 0. The molecule has 3 rings (SSSR count). The molecule has 2 aromatic carbocycles. The van der Waals surface area contributed by atoms with E-state index in [1.807, 2.05) is 6.07 Å². The third-order valence-corrected chi connectivity index (χ3v) is 3.58. The molecule has 1 N–H and O–H groups in total. The molecule has 0 atom stereocenters. The van der Waals surface area contributed by atoms with Crippen LogP contribution in [0.3, 0.4) is 0 Å². The highest BCUT2D eigenvalue weighted by Gasteiger charge is 2.11. The van der Waals surface area contributed by atoms with Gasteiger partial charge in [0.05, 0.1) is 10.7 Å². The van der Waals surface area contributed by atoms with Crippen molar-refractivity contribution in [1.82, 2.24) is 4.98 Å². The minimum absolute atomic E-state index is 0.190. The maximum atomic E-state index is 12.0. The number of hydrogen-bond donors (Lipinski definition) is 1. The Balaban J connectivity index is 1.69. The summed E-state index contributed by atoms with van der Waals surface area (Å²) in [5.74, 6) is 0.586. The molecule has 7 heteroatoms. The molecule has 0 fully saturated rings. The van der Waals surface area contributed by atoms with Gasteiger partial charge in [0.15, 0.2) is 18.1 Å². The van der Waals surface area contributed by atoms with E-state index in [1.165, 1.54) is 0 Å². The number of anilines is 1. The summed E-state index contributed by atoms with van der Waals surface area (Å²) in [7, 11) is 0. The van der Waals surface area contributed by atoms with E-state index < -0.39 is 0 Å². The fraction of sp³-hybridized carbons (Fsp3) is 0.125. The van der Waals surface area contributed by atoms with Crippen LogP contribution in [-0.2, 0) is 4.79 Å². The van der Waals surface area contributed by atoms with Crippen molar-refractivity contribution in [2.45, 2.75) is 6.92 Å². The van der Waals surface area contributed by atoms with Crippen LogP contribution in [0, 0.1) is 6.92 Å². The second-order valence-corrected chi connectivity index (χ2v) is 5.64. The molecule has 3 aromatic rings. The summed E-state index contributed by atoms with van der Waals surface area (Å²) in [5.41, 5.74) is 1.75. The number of benzene rings is 2. The van der Waals surface area contributed by atoms with Crippen LogP contribution >= 0.6 is 23.2 Å². The third-order valence-electron chi connectivity index (χ3n) is 3.05. The molecule has 0 spiro atoms. The van der Waals surface area contributed by atoms with E-state index in [0.29, 0.717) is 38.5 Å². The van der Waals surface area contributed by atoms with Crippen LogP contribution in [0.4, 0.5) is 5.69 Å². The first-order valence-corrected chi connectivity index (χ1v) is 7.52. The van der Waals surface area contributed by atoms with Gasteiger partial charge in [0, 0.05) is 11.9 Å². The molecule has 0 bridgehead atoms. The Kier molecular flexibility index (Phi) is 4.41. The van der Waals surface area contributed by atoms with Gasteiger partial charge < -0.3 is 14.5 Å². The lowest BCUT2D eigenvalue weighted by Crippen LogP contribution is -2.20. The van der Waals surface area contributed by atoms with Crippen LogP contribution in [0.2, 0.25) is 10.0 Å². The minimum atomic E-state index is -0.336. The maximum Gasteiger partial charge on any atom is 0.262 e. The minimum Gasteiger partial charge on any atom is -0.482 e. The van der Waals surface area contributed by atoms with Crippen molar-refractivity contribution < 1.29 is 13.9 Å². The molecule has 0 saturated carbocycles. The molecule has 0 aliphatic carbocycles. The molecular formula is C16H12Cl2N2O3. The third kappa shape index (κ3) is 3.57. The average molecular weight is 351 g/mol. The van der Waals surface area contributed by atoms with E-state index in [-0.39, 0.29) is 12.5 Å². The molecule has 1 amide bonds. The van der Waals surface area contributed by atoms with Gasteiger partial charge in [0.1, 0.15) is 11.3 Å². The van der Waals surface area contributed by atoms with Gasteiger partial charge in [-0.05, 0) is 30.3 Å². The Morgan fingerprint density at radius 3 is 2.91 bits per heavy atom. The highest BCUT2D eigenvalue weighted by molar-refractivity contribution is 6.35. The predicted molar refractivity (Wildman–Crippen MR) is 89.3 cm³/mol. The summed E-state index contributed by atoms with van der Waals surface area (Å²) in [6, 6.07) is 10.1. The zero-order valence-electron chi connectivity index (χ0n) is 12.1. The predicted octanol–water partition coefficient (Wildman–Crippen LogP) is 4.46. The Bertz CT molecular complexity index is 877. The number of aryl methyl sites for hydroxylation is 1. The molecule has 0 saturated heterocycles. The van der Waals surface area contributed by atoms with E-state index >= 15 is 0 Å². The number of aromatic nitrogens is 1. The van der Waals surface area contributed by atoms with Crippen molar-refractivity contribution in [2.75, 3.05) is 11.9 Å². The number of carbonyl (C=O) groups excluding carboxylic acids is 1. The van der Waals surface area contributed by atoms with Crippen LogP contribution in [0.15, 0.2) is 40.8 Å². The molecule has 5 nitrogen and oxygen atoms in total. The Labute approximate surface area is 142 Å². The molecule has 1 heterocycles. The Morgan fingerprint density at radius 2 is 2.13 bits per heavy atom. The van der Waals surface area contributed by atoms with Gasteiger partial charge in [-0.25, -0.2) is 4.98 Å². The molecule has 0 radical (unpaired) electrons. The van der Waals surface area contributed by atoms with Crippen LogP contribution in [0.1, 0.15) is 5.89 Å². The molecule has 0 aliphatic heterocycles. The average Bonchev–Trinajstić information content (AvgIpc) is 2.88. The van der Waals surface area contributed by atoms with Gasteiger partial charge in [0.25, 0.3) is 5.91 Å². The number of ether oxygens (including phenoxy) is 1.